The lowest BCUT2D eigenvalue weighted by Crippen LogP contribution is -1.88. The Bertz CT molecular complexity index is 516. The summed E-state index contributed by atoms with van der Waals surface area (Å²) < 4.78 is 6.03. The topological polar surface area (TPSA) is 30.2 Å². The van der Waals surface area contributed by atoms with Crippen LogP contribution in [0.2, 0.25) is 5.02 Å². The molecule has 0 N–H and O–H groups in total. The van der Waals surface area contributed by atoms with Crippen molar-refractivity contribution in [2.24, 2.45) is 0 Å². The Labute approximate surface area is 94.0 Å². The molecule has 1 aromatic heterocycles. The molecule has 0 unspecified atom stereocenters. The van der Waals surface area contributed by atoms with Crippen LogP contribution in [-0.2, 0) is 0 Å². The van der Waals surface area contributed by atoms with E-state index < -0.39 is 0 Å². The zero-order valence-electron chi connectivity index (χ0n) is 7.30. The molecule has 1 heterocycles. The molecule has 0 spiro atoms. The predicted molar refractivity (Wildman–Crippen MR) is 58.9 cm³/mol. The summed E-state index contributed by atoms with van der Waals surface area (Å²) in [5.74, 6) is 0.228. The first-order valence-corrected chi connectivity index (χ1v) is 5.15. The molecular formula is C10H6BrClO2. The molecule has 14 heavy (non-hydrogen) atoms. The number of furan rings is 1. The van der Waals surface area contributed by atoms with Crippen molar-refractivity contribution in [1.29, 1.82) is 0 Å². The molecule has 0 bridgehead atoms. The number of carbonyl (C=O) groups is 1. The van der Waals surface area contributed by atoms with Gasteiger partial charge in [0, 0.05) is 17.3 Å². The second-order valence-corrected chi connectivity index (χ2v) is 4.17. The average Bonchev–Trinajstić information content (AvgIpc) is 2.44. The second-order valence-electron chi connectivity index (χ2n) is 2.94. The minimum Gasteiger partial charge on any atom is -0.452 e. The fraction of sp³-hybridized carbons (Fsp3) is 0.100. The van der Waals surface area contributed by atoms with E-state index >= 15 is 0 Å². The molecule has 0 saturated heterocycles. The third kappa shape index (κ3) is 1.47. The van der Waals surface area contributed by atoms with Gasteiger partial charge in [-0.2, -0.15) is 0 Å². The quantitative estimate of drug-likeness (QED) is 0.734. The highest BCUT2D eigenvalue weighted by Gasteiger charge is 2.15. The molecule has 72 valence electrons. The van der Waals surface area contributed by atoms with Crippen molar-refractivity contribution in [3.63, 3.8) is 0 Å². The van der Waals surface area contributed by atoms with Gasteiger partial charge in [-0.3, -0.25) is 4.79 Å². The molecular weight excluding hydrogens is 267 g/mol. The smallest absolute Gasteiger partial charge is 0.196 e. The lowest BCUT2D eigenvalue weighted by molar-refractivity contribution is 0.0988. The van der Waals surface area contributed by atoms with Gasteiger partial charge in [0.2, 0.25) is 0 Å². The van der Waals surface area contributed by atoms with E-state index in [1.807, 2.05) is 0 Å². The summed E-state index contributed by atoms with van der Waals surface area (Å²) >= 11 is 9.15. The SMILES string of the molecule is CC(=O)c1oc2ccc(Cl)cc2c1Br. The first-order valence-electron chi connectivity index (χ1n) is 3.98. The van der Waals surface area contributed by atoms with E-state index in [-0.39, 0.29) is 5.78 Å². The van der Waals surface area contributed by atoms with Gasteiger partial charge in [-0.05, 0) is 34.1 Å². The van der Waals surface area contributed by atoms with Crippen molar-refractivity contribution >= 4 is 44.3 Å². The third-order valence-electron chi connectivity index (χ3n) is 1.91. The van der Waals surface area contributed by atoms with E-state index in [0.717, 1.165) is 5.39 Å². The summed E-state index contributed by atoms with van der Waals surface area (Å²) in [5.41, 5.74) is 0.659. The molecule has 2 rings (SSSR count). The van der Waals surface area contributed by atoms with Gasteiger partial charge in [-0.15, -0.1) is 0 Å². The molecule has 0 atom stereocenters. The van der Waals surface area contributed by atoms with Crippen LogP contribution < -0.4 is 0 Å². The number of rotatable bonds is 1. The van der Waals surface area contributed by atoms with Crippen molar-refractivity contribution in [1.82, 2.24) is 0 Å². The Morgan fingerprint density at radius 1 is 1.50 bits per heavy atom. The average molecular weight is 274 g/mol. The van der Waals surface area contributed by atoms with E-state index in [1.54, 1.807) is 18.2 Å². The van der Waals surface area contributed by atoms with Gasteiger partial charge >= 0.3 is 0 Å². The highest BCUT2D eigenvalue weighted by atomic mass is 79.9. The molecule has 0 amide bonds. The number of fused-ring (bicyclic) bond motifs is 1. The van der Waals surface area contributed by atoms with E-state index in [4.69, 9.17) is 16.0 Å². The number of carbonyl (C=O) groups excluding carboxylic acids is 1. The van der Waals surface area contributed by atoms with Crippen LogP contribution in [0.15, 0.2) is 27.1 Å². The van der Waals surface area contributed by atoms with Crippen LogP contribution in [0.25, 0.3) is 11.0 Å². The first kappa shape index (κ1) is 9.74. The maximum absolute atomic E-state index is 11.2. The van der Waals surface area contributed by atoms with Crippen LogP contribution in [0.4, 0.5) is 0 Å². The predicted octanol–water partition coefficient (Wildman–Crippen LogP) is 4.05. The molecule has 0 aliphatic rings. The standard InChI is InChI=1S/C10H6BrClO2/c1-5(13)10-9(11)7-4-6(12)2-3-8(7)14-10/h2-4H,1H3. The normalized spacial score (nSPS) is 10.8. The van der Waals surface area contributed by atoms with E-state index in [9.17, 15) is 4.79 Å². The fourth-order valence-electron chi connectivity index (χ4n) is 1.27. The van der Waals surface area contributed by atoms with Crippen LogP contribution in [0.1, 0.15) is 17.5 Å². The van der Waals surface area contributed by atoms with Crippen molar-refractivity contribution in [3.05, 3.63) is 33.5 Å². The number of ketones is 1. The van der Waals surface area contributed by atoms with Crippen molar-refractivity contribution < 1.29 is 9.21 Å². The van der Waals surface area contributed by atoms with Crippen LogP contribution >= 0.6 is 27.5 Å². The van der Waals surface area contributed by atoms with Crippen molar-refractivity contribution in [2.45, 2.75) is 6.92 Å². The maximum atomic E-state index is 11.2. The number of hydrogen-bond donors (Lipinski definition) is 0. The van der Waals surface area contributed by atoms with Crippen molar-refractivity contribution in [3.8, 4) is 0 Å². The molecule has 0 aliphatic carbocycles. The van der Waals surface area contributed by atoms with E-state index in [1.165, 1.54) is 6.92 Å². The van der Waals surface area contributed by atoms with Gasteiger partial charge in [-0.1, -0.05) is 11.6 Å². The van der Waals surface area contributed by atoms with Crippen LogP contribution in [0.3, 0.4) is 0 Å². The maximum Gasteiger partial charge on any atom is 0.196 e. The molecule has 4 heteroatoms. The van der Waals surface area contributed by atoms with Crippen LogP contribution in [0, 0.1) is 0 Å². The molecule has 0 radical (unpaired) electrons. The van der Waals surface area contributed by atoms with Crippen LogP contribution in [-0.4, -0.2) is 5.78 Å². The molecule has 2 nitrogen and oxygen atoms in total. The highest BCUT2D eigenvalue weighted by molar-refractivity contribution is 9.10. The third-order valence-corrected chi connectivity index (χ3v) is 2.93. The molecule has 0 saturated carbocycles. The highest BCUT2D eigenvalue weighted by Crippen LogP contribution is 2.32. The number of hydrogen-bond acceptors (Lipinski definition) is 2. The Kier molecular flexibility index (Phi) is 2.37. The Morgan fingerprint density at radius 3 is 2.86 bits per heavy atom. The Morgan fingerprint density at radius 2 is 2.21 bits per heavy atom. The van der Waals surface area contributed by atoms with Gasteiger partial charge in [0.1, 0.15) is 5.58 Å². The number of benzene rings is 1. The summed E-state index contributed by atoms with van der Waals surface area (Å²) in [5, 5.41) is 1.44. The number of Topliss-reactive ketones (excluding diaryl/α,β-unsaturated/α-hetero) is 1. The van der Waals surface area contributed by atoms with Gasteiger partial charge in [-0.25, -0.2) is 0 Å². The van der Waals surface area contributed by atoms with E-state index in [0.29, 0.717) is 20.8 Å². The van der Waals surface area contributed by atoms with Crippen molar-refractivity contribution in [2.75, 3.05) is 0 Å². The minimum atomic E-state index is -0.107. The van der Waals surface area contributed by atoms with E-state index in [2.05, 4.69) is 15.9 Å². The molecule has 0 aliphatic heterocycles. The van der Waals surface area contributed by atoms with Gasteiger partial charge < -0.3 is 4.42 Å². The number of halogens is 2. The van der Waals surface area contributed by atoms with Crippen LogP contribution in [0.5, 0.6) is 0 Å². The molecule has 0 fully saturated rings. The lowest BCUT2D eigenvalue weighted by Gasteiger charge is -1.89. The lowest BCUT2D eigenvalue weighted by atomic mass is 10.2. The molecule has 1 aromatic carbocycles. The summed E-state index contributed by atoms with van der Waals surface area (Å²) in [6.45, 7) is 1.46. The summed E-state index contributed by atoms with van der Waals surface area (Å²) in [4.78, 5) is 11.2. The fourth-order valence-corrected chi connectivity index (χ4v) is 2.11. The Balaban J connectivity index is 2.80. The Hall–Kier alpha value is -0.800. The summed E-state index contributed by atoms with van der Waals surface area (Å²) in [6, 6.07) is 5.23. The summed E-state index contributed by atoms with van der Waals surface area (Å²) in [7, 11) is 0. The first-order chi connectivity index (χ1) is 6.59. The largest absolute Gasteiger partial charge is 0.452 e. The summed E-state index contributed by atoms with van der Waals surface area (Å²) in [6.07, 6.45) is 0. The van der Waals surface area contributed by atoms with Gasteiger partial charge in [0.15, 0.2) is 11.5 Å². The zero-order valence-corrected chi connectivity index (χ0v) is 9.65. The second kappa shape index (κ2) is 3.41. The monoisotopic (exact) mass is 272 g/mol. The minimum absolute atomic E-state index is 0.107. The molecule has 2 aromatic rings. The zero-order chi connectivity index (χ0) is 10.3. The van der Waals surface area contributed by atoms with Gasteiger partial charge in [0.25, 0.3) is 0 Å². The van der Waals surface area contributed by atoms with Gasteiger partial charge in [0.05, 0.1) is 4.47 Å².